The predicted molar refractivity (Wildman–Crippen MR) is 92.3 cm³/mol. The standard InChI is InChI=1S/C17H23N3O3S/c1-12-11-24-16(19-12)4-3-7-18-17(21)20-8-9-22-10-14(20)15-6-5-13(2)23-15/h5-6,11,14H,3-4,7-10H2,1-2H3,(H,18,21)/t14-/m0/s1. The zero-order valence-electron chi connectivity index (χ0n) is 14.1. The Balaban J connectivity index is 1.50. The van der Waals surface area contributed by atoms with Gasteiger partial charge in [-0.3, -0.25) is 0 Å². The molecule has 1 N–H and O–H groups in total. The molecule has 0 radical (unpaired) electrons. The Morgan fingerprint density at radius 2 is 2.33 bits per heavy atom. The fraction of sp³-hybridized carbons (Fsp3) is 0.529. The Kier molecular flexibility index (Phi) is 5.52. The van der Waals surface area contributed by atoms with E-state index in [9.17, 15) is 4.79 Å². The van der Waals surface area contributed by atoms with Crippen LogP contribution in [0.1, 0.15) is 34.7 Å². The highest BCUT2D eigenvalue weighted by Crippen LogP contribution is 2.25. The van der Waals surface area contributed by atoms with Gasteiger partial charge in [0.15, 0.2) is 0 Å². The van der Waals surface area contributed by atoms with Crippen LogP contribution >= 0.6 is 11.3 Å². The van der Waals surface area contributed by atoms with Gasteiger partial charge in [-0.2, -0.15) is 0 Å². The van der Waals surface area contributed by atoms with Crippen LogP contribution in [0.5, 0.6) is 0 Å². The van der Waals surface area contributed by atoms with Crippen LogP contribution in [0.25, 0.3) is 0 Å². The average molecular weight is 349 g/mol. The average Bonchev–Trinajstić information content (AvgIpc) is 3.20. The molecular weight excluding hydrogens is 326 g/mol. The first-order valence-corrected chi connectivity index (χ1v) is 9.11. The van der Waals surface area contributed by atoms with Gasteiger partial charge in [0.2, 0.25) is 0 Å². The molecule has 0 bridgehead atoms. The Bertz CT molecular complexity index is 682. The second-order valence-corrected chi connectivity index (χ2v) is 6.89. The molecule has 0 spiro atoms. The lowest BCUT2D eigenvalue weighted by atomic mass is 10.2. The highest BCUT2D eigenvalue weighted by atomic mass is 32.1. The van der Waals surface area contributed by atoms with Crippen LogP contribution in [0.3, 0.4) is 0 Å². The van der Waals surface area contributed by atoms with E-state index in [4.69, 9.17) is 9.15 Å². The molecule has 3 heterocycles. The van der Waals surface area contributed by atoms with Crippen LogP contribution in [0.2, 0.25) is 0 Å². The second kappa shape index (κ2) is 7.81. The largest absolute Gasteiger partial charge is 0.464 e. The van der Waals surface area contributed by atoms with Gasteiger partial charge in [0.25, 0.3) is 0 Å². The minimum Gasteiger partial charge on any atom is -0.464 e. The Hall–Kier alpha value is -1.86. The van der Waals surface area contributed by atoms with E-state index < -0.39 is 0 Å². The van der Waals surface area contributed by atoms with E-state index in [0.717, 1.165) is 35.1 Å². The number of thiazole rings is 1. The third kappa shape index (κ3) is 4.15. The zero-order chi connectivity index (χ0) is 16.9. The molecule has 0 aliphatic carbocycles. The quantitative estimate of drug-likeness (QED) is 0.843. The van der Waals surface area contributed by atoms with Gasteiger partial charge >= 0.3 is 6.03 Å². The van der Waals surface area contributed by atoms with Gasteiger partial charge < -0.3 is 19.4 Å². The second-order valence-electron chi connectivity index (χ2n) is 5.95. The van der Waals surface area contributed by atoms with Crippen LogP contribution in [-0.4, -0.2) is 42.2 Å². The van der Waals surface area contributed by atoms with Crippen LogP contribution in [-0.2, 0) is 11.2 Å². The van der Waals surface area contributed by atoms with Crippen molar-refractivity contribution < 1.29 is 13.9 Å². The highest BCUT2D eigenvalue weighted by molar-refractivity contribution is 7.09. The number of nitrogens with zero attached hydrogens (tertiary/aromatic N) is 2. The summed E-state index contributed by atoms with van der Waals surface area (Å²) in [6.45, 7) is 6.13. The van der Waals surface area contributed by atoms with E-state index in [0.29, 0.717) is 26.3 Å². The van der Waals surface area contributed by atoms with E-state index in [2.05, 4.69) is 15.7 Å². The van der Waals surface area contributed by atoms with Crippen molar-refractivity contribution in [3.05, 3.63) is 39.7 Å². The van der Waals surface area contributed by atoms with E-state index in [-0.39, 0.29) is 12.1 Å². The van der Waals surface area contributed by atoms with Gasteiger partial charge in [-0.25, -0.2) is 9.78 Å². The molecule has 6 nitrogen and oxygen atoms in total. The number of furan rings is 1. The molecule has 0 aromatic carbocycles. The number of hydrogen-bond donors (Lipinski definition) is 1. The Labute approximate surface area is 145 Å². The van der Waals surface area contributed by atoms with E-state index in [1.807, 2.05) is 26.0 Å². The maximum Gasteiger partial charge on any atom is 0.318 e. The van der Waals surface area contributed by atoms with Crippen LogP contribution in [0.4, 0.5) is 4.79 Å². The number of carbonyl (C=O) groups is 1. The number of morpholine rings is 1. The number of aryl methyl sites for hydroxylation is 3. The summed E-state index contributed by atoms with van der Waals surface area (Å²) in [5.41, 5.74) is 1.06. The molecule has 1 aliphatic rings. The summed E-state index contributed by atoms with van der Waals surface area (Å²) in [5, 5.41) is 6.18. The van der Waals surface area contributed by atoms with Gasteiger partial charge in [0, 0.05) is 30.6 Å². The molecule has 2 aromatic heterocycles. The number of urea groups is 1. The lowest BCUT2D eigenvalue weighted by molar-refractivity contribution is 0.00410. The third-order valence-corrected chi connectivity index (χ3v) is 5.02. The smallest absolute Gasteiger partial charge is 0.318 e. The van der Waals surface area contributed by atoms with Crippen LogP contribution in [0.15, 0.2) is 21.9 Å². The minimum absolute atomic E-state index is 0.0623. The minimum atomic E-state index is -0.158. The highest BCUT2D eigenvalue weighted by Gasteiger charge is 2.30. The van der Waals surface area contributed by atoms with E-state index >= 15 is 0 Å². The van der Waals surface area contributed by atoms with Gasteiger partial charge in [0.1, 0.15) is 17.6 Å². The first kappa shape index (κ1) is 17.0. The molecule has 24 heavy (non-hydrogen) atoms. The number of rotatable bonds is 5. The molecule has 130 valence electrons. The van der Waals surface area contributed by atoms with E-state index in [1.165, 1.54) is 0 Å². The summed E-state index contributed by atoms with van der Waals surface area (Å²) in [7, 11) is 0. The SMILES string of the molecule is Cc1csc(CCCNC(=O)N2CCOC[C@H]2c2ccc(C)o2)n1. The summed E-state index contributed by atoms with van der Waals surface area (Å²) in [5.74, 6) is 1.62. The molecule has 1 aliphatic heterocycles. The van der Waals surface area contributed by atoms with Crippen LogP contribution < -0.4 is 5.32 Å². The molecule has 1 atom stereocenters. The van der Waals surface area contributed by atoms with Gasteiger partial charge in [-0.15, -0.1) is 11.3 Å². The molecule has 1 saturated heterocycles. The third-order valence-electron chi connectivity index (χ3n) is 3.99. The summed E-state index contributed by atoms with van der Waals surface area (Å²) >= 11 is 1.67. The number of ether oxygens (including phenoxy) is 1. The normalized spacial score (nSPS) is 17.9. The van der Waals surface area contributed by atoms with Crippen molar-refractivity contribution in [2.24, 2.45) is 0 Å². The summed E-state index contributed by atoms with van der Waals surface area (Å²) in [4.78, 5) is 18.7. The topological polar surface area (TPSA) is 67.6 Å². The summed E-state index contributed by atoms with van der Waals surface area (Å²) in [6, 6.07) is 3.61. The molecule has 7 heteroatoms. The lowest BCUT2D eigenvalue weighted by Crippen LogP contribution is -2.48. The first-order chi connectivity index (χ1) is 11.6. The number of carbonyl (C=O) groups excluding carboxylic acids is 1. The van der Waals surface area contributed by atoms with Crippen molar-refractivity contribution in [3.8, 4) is 0 Å². The molecule has 2 aromatic rings. The molecule has 2 amide bonds. The number of hydrogen-bond acceptors (Lipinski definition) is 5. The summed E-state index contributed by atoms with van der Waals surface area (Å²) in [6.07, 6.45) is 1.77. The van der Waals surface area contributed by atoms with Crippen LogP contribution in [0, 0.1) is 13.8 Å². The van der Waals surface area contributed by atoms with Crippen molar-refractivity contribution in [1.82, 2.24) is 15.2 Å². The fourth-order valence-electron chi connectivity index (χ4n) is 2.77. The molecule has 0 unspecified atom stereocenters. The molecule has 0 saturated carbocycles. The molecular formula is C17H23N3O3S. The predicted octanol–water partition coefficient (Wildman–Crippen LogP) is 3.07. The molecule has 3 rings (SSSR count). The number of nitrogens with one attached hydrogen (secondary N) is 1. The zero-order valence-corrected chi connectivity index (χ0v) is 14.9. The monoisotopic (exact) mass is 349 g/mol. The Morgan fingerprint density at radius 1 is 1.46 bits per heavy atom. The van der Waals surface area contributed by atoms with Crippen molar-refractivity contribution in [3.63, 3.8) is 0 Å². The maximum atomic E-state index is 12.5. The van der Waals surface area contributed by atoms with Crippen molar-refractivity contribution in [2.45, 2.75) is 32.7 Å². The lowest BCUT2D eigenvalue weighted by Gasteiger charge is -2.34. The van der Waals surface area contributed by atoms with Gasteiger partial charge in [-0.05, 0) is 32.4 Å². The number of aromatic nitrogens is 1. The van der Waals surface area contributed by atoms with Crippen molar-refractivity contribution in [2.75, 3.05) is 26.3 Å². The van der Waals surface area contributed by atoms with Crippen molar-refractivity contribution >= 4 is 17.4 Å². The van der Waals surface area contributed by atoms with E-state index in [1.54, 1.807) is 16.2 Å². The van der Waals surface area contributed by atoms with Crippen molar-refractivity contribution in [1.29, 1.82) is 0 Å². The Morgan fingerprint density at radius 3 is 3.04 bits per heavy atom. The summed E-state index contributed by atoms with van der Waals surface area (Å²) < 4.78 is 11.2. The fourth-order valence-corrected chi connectivity index (χ4v) is 3.59. The first-order valence-electron chi connectivity index (χ1n) is 8.23. The maximum absolute atomic E-state index is 12.5. The number of amides is 2. The van der Waals surface area contributed by atoms with Gasteiger partial charge in [-0.1, -0.05) is 0 Å². The van der Waals surface area contributed by atoms with Gasteiger partial charge in [0.05, 0.1) is 18.2 Å². The molecule has 1 fully saturated rings.